The van der Waals surface area contributed by atoms with E-state index < -0.39 is 0 Å². The van der Waals surface area contributed by atoms with Crippen LogP contribution < -0.4 is 20.5 Å². The average Bonchev–Trinajstić information content (AvgIpc) is 3.29. The Kier molecular flexibility index (Phi) is 8.28. The molecule has 1 saturated heterocycles. The summed E-state index contributed by atoms with van der Waals surface area (Å²) < 4.78 is 6.35. The van der Waals surface area contributed by atoms with E-state index in [4.69, 9.17) is 16.6 Å². The minimum atomic E-state index is -0.345. The monoisotopic (exact) mass is 594 g/mol. The number of nitrogens with one attached hydrogen (secondary N) is 2. The first-order valence-electron chi connectivity index (χ1n) is 13.6. The molecule has 0 spiro atoms. The standard InChI is InChI=1S/C29H35ClN8O2S/c1-16-13-20(18(3)32-22-7-8-23(30)33-25(22)27(39)35-41-6)24-21(14-16)28(40)36(4)29(34-24)38-11-9-19(10-12-38)26-17(2)15-31-37(26)5/h7-8,13-15,18-19,32H,9-12H2,1-6H3,(H,35,39). The van der Waals surface area contributed by atoms with Crippen LogP contribution in [-0.2, 0) is 14.1 Å². The van der Waals surface area contributed by atoms with Crippen molar-refractivity contribution in [3.05, 3.63) is 74.0 Å². The molecule has 10 nitrogen and oxygen atoms in total. The summed E-state index contributed by atoms with van der Waals surface area (Å²) in [7, 11) is 3.79. The maximum Gasteiger partial charge on any atom is 0.281 e. The predicted octanol–water partition coefficient (Wildman–Crippen LogP) is 4.90. The summed E-state index contributed by atoms with van der Waals surface area (Å²) in [4.78, 5) is 37.9. The van der Waals surface area contributed by atoms with Gasteiger partial charge in [-0.05, 0) is 62.9 Å². The van der Waals surface area contributed by atoms with E-state index in [1.54, 1.807) is 30.0 Å². The second kappa shape index (κ2) is 11.7. The number of halogens is 1. The minimum absolute atomic E-state index is 0.0834. The number of fused-ring (bicyclic) bond motifs is 1. The molecule has 41 heavy (non-hydrogen) atoms. The van der Waals surface area contributed by atoms with Gasteiger partial charge in [-0.15, -0.1) is 0 Å². The van der Waals surface area contributed by atoms with Crippen LogP contribution in [0.5, 0.6) is 0 Å². The topological polar surface area (TPSA) is 110 Å². The number of nitrogens with zero attached hydrogens (tertiary/aromatic N) is 6. The lowest BCUT2D eigenvalue weighted by Crippen LogP contribution is -2.38. The molecule has 1 amide bonds. The highest BCUT2D eigenvalue weighted by Crippen LogP contribution is 2.33. The average molecular weight is 595 g/mol. The first-order chi connectivity index (χ1) is 19.6. The summed E-state index contributed by atoms with van der Waals surface area (Å²) in [5.74, 6) is 0.736. The highest BCUT2D eigenvalue weighted by atomic mass is 35.5. The van der Waals surface area contributed by atoms with Crippen molar-refractivity contribution in [2.45, 2.75) is 45.6 Å². The van der Waals surface area contributed by atoms with Gasteiger partial charge in [0.1, 0.15) is 5.15 Å². The Morgan fingerprint density at radius 2 is 1.88 bits per heavy atom. The van der Waals surface area contributed by atoms with Crippen LogP contribution in [0.25, 0.3) is 10.9 Å². The fourth-order valence-corrected chi connectivity index (χ4v) is 6.26. The van der Waals surface area contributed by atoms with E-state index in [-0.39, 0.29) is 28.4 Å². The number of aryl methyl sites for hydroxylation is 3. The van der Waals surface area contributed by atoms with Crippen molar-refractivity contribution in [1.82, 2.24) is 29.0 Å². The SMILES string of the molecule is CSNC(=O)c1nc(Cl)ccc1NC(C)c1cc(C)cc2c(=O)n(C)c(N3CCC(c4c(C)cnn4C)CC3)nc12. The smallest absolute Gasteiger partial charge is 0.281 e. The highest BCUT2D eigenvalue weighted by Gasteiger charge is 2.27. The first-order valence-corrected chi connectivity index (χ1v) is 15.2. The number of anilines is 2. The van der Waals surface area contributed by atoms with Crippen LogP contribution in [-0.4, -0.2) is 49.6 Å². The molecule has 0 saturated carbocycles. The molecule has 216 valence electrons. The quantitative estimate of drug-likeness (QED) is 0.230. The van der Waals surface area contributed by atoms with Gasteiger partial charge in [0.2, 0.25) is 5.95 Å². The van der Waals surface area contributed by atoms with Gasteiger partial charge < -0.3 is 10.2 Å². The summed E-state index contributed by atoms with van der Waals surface area (Å²) in [5, 5.41) is 8.64. The Morgan fingerprint density at radius 1 is 1.15 bits per heavy atom. The summed E-state index contributed by atoms with van der Waals surface area (Å²) in [6.45, 7) is 7.65. The molecule has 1 aliphatic heterocycles. The first kappa shape index (κ1) is 28.9. The maximum atomic E-state index is 13.7. The number of hydrogen-bond donors (Lipinski definition) is 2. The molecule has 4 aromatic rings. The predicted molar refractivity (Wildman–Crippen MR) is 166 cm³/mol. The Labute approximate surface area is 248 Å². The van der Waals surface area contributed by atoms with Crippen molar-refractivity contribution >= 4 is 52.0 Å². The number of aromatic nitrogens is 5. The Balaban J connectivity index is 1.49. The van der Waals surface area contributed by atoms with Gasteiger partial charge in [0.05, 0.1) is 28.8 Å². The van der Waals surface area contributed by atoms with Gasteiger partial charge >= 0.3 is 0 Å². The molecular formula is C29H35ClN8O2S. The Morgan fingerprint density at radius 3 is 2.54 bits per heavy atom. The molecule has 4 heterocycles. The van der Waals surface area contributed by atoms with Crippen molar-refractivity contribution in [3.8, 4) is 0 Å². The van der Waals surface area contributed by atoms with E-state index in [1.165, 1.54) is 23.2 Å². The second-order valence-corrected chi connectivity index (χ2v) is 11.7. The van der Waals surface area contributed by atoms with Crippen LogP contribution in [0.4, 0.5) is 11.6 Å². The molecule has 0 aliphatic carbocycles. The fourth-order valence-electron chi connectivity index (χ4n) is 5.83. The van der Waals surface area contributed by atoms with Crippen molar-refractivity contribution < 1.29 is 4.79 Å². The third kappa shape index (κ3) is 5.65. The summed E-state index contributed by atoms with van der Waals surface area (Å²) >= 11 is 7.30. The molecule has 1 fully saturated rings. The molecule has 3 aromatic heterocycles. The van der Waals surface area contributed by atoms with Gasteiger partial charge in [-0.2, -0.15) is 5.10 Å². The second-order valence-electron chi connectivity index (χ2n) is 10.7. The van der Waals surface area contributed by atoms with Crippen LogP contribution in [0.1, 0.15) is 64.6 Å². The summed E-state index contributed by atoms with van der Waals surface area (Å²) in [6, 6.07) is 7.03. The molecule has 1 atom stereocenters. The molecule has 1 unspecified atom stereocenters. The zero-order chi connectivity index (χ0) is 29.4. The lowest BCUT2D eigenvalue weighted by Gasteiger charge is -2.34. The molecule has 1 aromatic carbocycles. The van der Waals surface area contributed by atoms with Crippen LogP contribution >= 0.6 is 23.5 Å². The van der Waals surface area contributed by atoms with E-state index in [2.05, 4.69) is 31.9 Å². The van der Waals surface area contributed by atoms with Crippen molar-refractivity contribution in [2.75, 3.05) is 29.6 Å². The van der Waals surface area contributed by atoms with E-state index in [9.17, 15) is 9.59 Å². The van der Waals surface area contributed by atoms with Crippen molar-refractivity contribution in [2.24, 2.45) is 14.1 Å². The lowest BCUT2D eigenvalue weighted by atomic mass is 9.91. The molecule has 0 bridgehead atoms. The Bertz CT molecular complexity index is 1660. The van der Waals surface area contributed by atoms with Crippen molar-refractivity contribution in [1.29, 1.82) is 0 Å². The molecule has 1 aliphatic rings. The van der Waals surface area contributed by atoms with Gasteiger partial charge in [-0.1, -0.05) is 29.6 Å². The maximum absolute atomic E-state index is 13.7. The molecule has 2 N–H and O–H groups in total. The van der Waals surface area contributed by atoms with Crippen LogP contribution in [0.2, 0.25) is 5.15 Å². The number of piperidine rings is 1. The van der Waals surface area contributed by atoms with Gasteiger partial charge in [0.25, 0.3) is 11.5 Å². The third-order valence-electron chi connectivity index (χ3n) is 7.78. The van der Waals surface area contributed by atoms with Crippen LogP contribution in [0, 0.1) is 13.8 Å². The highest BCUT2D eigenvalue weighted by molar-refractivity contribution is 7.97. The summed E-state index contributed by atoms with van der Waals surface area (Å²) in [6.07, 6.45) is 5.60. The summed E-state index contributed by atoms with van der Waals surface area (Å²) in [5.41, 5.74) is 5.63. The van der Waals surface area contributed by atoms with E-state index >= 15 is 0 Å². The zero-order valence-corrected chi connectivity index (χ0v) is 25.7. The number of carbonyl (C=O) groups is 1. The van der Waals surface area contributed by atoms with Gasteiger partial charge in [-0.25, -0.2) is 9.97 Å². The van der Waals surface area contributed by atoms with Gasteiger partial charge in [0, 0.05) is 50.6 Å². The number of hydrogen-bond acceptors (Lipinski definition) is 8. The number of carbonyl (C=O) groups excluding carboxylic acids is 1. The van der Waals surface area contributed by atoms with Crippen LogP contribution in [0.15, 0.2) is 35.3 Å². The molecule has 5 rings (SSSR count). The Hall–Kier alpha value is -3.57. The van der Waals surface area contributed by atoms with Crippen molar-refractivity contribution in [3.63, 3.8) is 0 Å². The number of pyridine rings is 1. The normalized spacial score (nSPS) is 14.9. The molecule has 12 heteroatoms. The molecule has 0 radical (unpaired) electrons. The third-order valence-corrected chi connectivity index (χ3v) is 8.38. The fraction of sp³-hybridized carbons (Fsp3) is 0.414. The number of benzene rings is 1. The number of rotatable bonds is 7. The minimum Gasteiger partial charge on any atom is -0.377 e. The van der Waals surface area contributed by atoms with E-state index in [0.29, 0.717) is 28.5 Å². The van der Waals surface area contributed by atoms with Gasteiger partial charge in [-0.3, -0.25) is 23.6 Å². The zero-order valence-electron chi connectivity index (χ0n) is 24.2. The van der Waals surface area contributed by atoms with Crippen LogP contribution in [0.3, 0.4) is 0 Å². The largest absolute Gasteiger partial charge is 0.377 e. The van der Waals surface area contributed by atoms with Gasteiger partial charge in [0.15, 0.2) is 5.69 Å². The van der Waals surface area contributed by atoms with E-state index in [0.717, 1.165) is 37.1 Å². The molecular weight excluding hydrogens is 560 g/mol. The number of amides is 1. The lowest BCUT2D eigenvalue weighted by molar-refractivity contribution is 0.0980. The van der Waals surface area contributed by atoms with E-state index in [1.807, 2.05) is 43.9 Å².